The fraction of sp³-hybridized carbons (Fsp3) is 0.750. The zero-order valence-corrected chi connectivity index (χ0v) is 17.5. The molecule has 2 nitrogen and oxygen atoms in total. The summed E-state index contributed by atoms with van der Waals surface area (Å²) in [6, 6.07) is 3.59. The number of aryl methyl sites for hydroxylation is 2. The zero-order chi connectivity index (χ0) is 19.2. The van der Waals surface area contributed by atoms with Crippen LogP contribution < -0.4 is 0 Å². The minimum Gasteiger partial charge on any atom is -0.508 e. The second kappa shape index (κ2) is 9.15. The van der Waals surface area contributed by atoms with Gasteiger partial charge in [-0.3, -0.25) is 0 Å². The molecule has 1 saturated carbocycles. The van der Waals surface area contributed by atoms with Crippen LogP contribution in [0.15, 0.2) is 12.1 Å². The number of hydrogen-bond donors (Lipinski definition) is 2. The van der Waals surface area contributed by atoms with Gasteiger partial charge in [0.25, 0.3) is 0 Å². The average molecular weight is 361 g/mol. The lowest BCUT2D eigenvalue weighted by molar-refractivity contribution is 0.358. The molecular formula is C24H40O2. The van der Waals surface area contributed by atoms with Crippen molar-refractivity contribution in [2.45, 2.75) is 105 Å². The smallest absolute Gasteiger partial charge is 0.122 e. The van der Waals surface area contributed by atoms with E-state index in [1.807, 2.05) is 6.07 Å². The fourth-order valence-corrected chi connectivity index (χ4v) is 3.73. The van der Waals surface area contributed by atoms with Crippen LogP contribution in [0.5, 0.6) is 11.5 Å². The molecule has 2 N–H and O–H groups in total. The molecule has 148 valence electrons. The number of benzene rings is 1. The molecule has 1 aliphatic carbocycles. The van der Waals surface area contributed by atoms with E-state index in [2.05, 4.69) is 27.7 Å². The van der Waals surface area contributed by atoms with E-state index in [0.29, 0.717) is 10.8 Å². The van der Waals surface area contributed by atoms with Gasteiger partial charge >= 0.3 is 0 Å². The highest BCUT2D eigenvalue weighted by atomic mass is 16.3. The van der Waals surface area contributed by atoms with Crippen LogP contribution in [0.25, 0.3) is 0 Å². The molecule has 1 aromatic carbocycles. The second-order valence-corrected chi connectivity index (χ2v) is 10.1. The zero-order valence-electron chi connectivity index (χ0n) is 17.5. The van der Waals surface area contributed by atoms with Gasteiger partial charge in [0.2, 0.25) is 0 Å². The summed E-state index contributed by atoms with van der Waals surface area (Å²) >= 11 is 0. The van der Waals surface area contributed by atoms with E-state index in [1.165, 1.54) is 51.4 Å². The Balaban J connectivity index is 1.73. The van der Waals surface area contributed by atoms with E-state index in [9.17, 15) is 10.2 Å². The first kappa shape index (κ1) is 21.1. The number of hydrogen-bond acceptors (Lipinski definition) is 2. The van der Waals surface area contributed by atoms with Gasteiger partial charge in [-0.25, -0.2) is 0 Å². The van der Waals surface area contributed by atoms with E-state index in [0.717, 1.165) is 36.8 Å². The predicted molar refractivity (Wildman–Crippen MR) is 111 cm³/mol. The molecule has 2 rings (SSSR count). The Morgan fingerprint density at radius 3 is 1.85 bits per heavy atom. The molecule has 0 heterocycles. The standard InChI is InChI=1S/C24H40O2/c1-23(2,3)13-9-5-7-11-19-17-20(22(26)18-21(19)25)12-8-6-10-14-24(4)15-16-24/h17-18,25-26H,5-16H2,1-4H3. The monoisotopic (exact) mass is 360 g/mol. The Kier molecular flexibility index (Phi) is 7.43. The van der Waals surface area contributed by atoms with Gasteiger partial charge < -0.3 is 10.2 Å². The van der Waals surface area contributed by atoms with Crippen LogP contribution in [0.3, 0.4) is 0 Å². The van der Waals surface area contributed by atoms with Gasteiger partial charge in [0.15, 0.2) is 0 Å². The molecule has 0 amide bonds. The van der Waals surface area contributed by atoms with E-state index in [1.54, 1.807) is 6.07 Å². The number of phenolic OH excluding ortho intramolecular Hbond substituents is 2. The maximum absolute atomic E-state index is 10.2. The summed E-state index contributed by atoms with van der Waals surface area (Å²) in [6.07, 6.45) is 14.4. The van der Waals surface area contributed by atoms with Gasteiger partial charge in [-0.15, -0.1) is 0 Å². The Bertz CT molecular complexity index is 528. The van der Waals surface area contributed by atoms with Crippen LogP contribution in [0.2, 0.25) is 0 Å². The van der Waals surface area contributed by atoms with Gasteiger partial charge in [0.05, 0.1) is 0 Å². The molecule has 1 aromatic rings. The molecule has 0 saturated heterocycles. The van der Waals surface area contributed by atoms with Crippen LogP contribution in [-0.4, -0.2) is 10.2 Å². The molecule has 0 unspecified atom stereocenters. The van der Waals surface area contributed by atoms with Crippen molar-refractivity contribution in [2.24, 2.45) is 10.8 Å². The van der Waals surface area contributed by atoms with Crippen molar-refractivity contribution in [1.82, 2.24) is 0 Å². The number of unbranched alkanes of at least 4 members (excludes halogenated alkanes) is 4. The maximum atomic E-state index is 10.2. The predicted octanol–water partition coefficient (Wildman–Crippen LogP) is 7.15. The van der Waals surface area contributed by atoms with Crippen LogP contribution in [-0.2, 0) is 12.8 Å². The fourth-order valence-electron chi connectivity index (χ4n) is 3.73. The Hall–Kier alpha value is -1.18. The third-order valence-corrected chi connectivity index (χ3v) is 5.98. The molecule has 0 atom stereocenters. The van der Waals surface area contributed by atoms with E-state index in [4.69, 9.17) is 0 Å². The maximum Gasteiger partial charge on any atom is 0.122 e. The van der Waals surface area contributed by atoms with E-state index < -0.39 is 0 Å². The van der Waals surface area contributed by atoms with Crippen molar-refractivity contribution < 1.29 is 10.2 Å². The summed E-state index contributed by atoms with van der Waals surface area (Å²) in [6.45, 7) is 9.26. The molecule has 26 heavy (non-hydrogen) atoms. The minimum atomic E-state index is 0.253. The first-order valence-electron chi connectivity index (χ1n) is 10.7. The molecular weight excluding hydrogens is 320 g/mol. The van der Waals surface area contributed by atoms with Crippen molar-refractivity contribution in [1.29, 1.82) is 0 Å². The van der Waals surface area contributed by atoms with Gasteiger partial charge in [0, 0.05) is 6.07 Å². The lowest BCUT2D eigenvalue weighted by atomic mass is 9.89. The summed E-state index contributed by atoms with van der Waals surface area (Å²) in [7, 11) is 0. The SMILES string of the molecule is CC(C)(C)CCCCCc1cc(CCCCCC2(C)CC2)c(O)cc1O. The first-order valence-corrected chi connectivity index (χ1v) is 10.7. The Morgan fingerprint density at radius 2 is 1.35 bits per heavy atom. The Labute approximate surface area is 161 Å². The molecule has 1 aliphatic rings. The third-order valence-electron chi connectivity index (χ3n) is 5.98. The summed E-state index contributed by atoms with van der Waals surface area (Å²) in [4.78, 5) is 0. The normalized spacial score (nSPS) is 16.0. The highest BCUT2D eigenvalue weighted by molar-refractivity contribution is 5.45. The number of rotatable bonds is 11. The molecule has 2 heteroatoms. The van der Waals surface area contributed by atoms with Crippen molar-refractivity contribution in [3.63, 3.8) is 0 Å². The van der Waals surface area contributed by atoms with Crippen molar-refractivity contribution >= 4 is 0 Å². The summed E-state index contributed by atoms with van der Waals surface area (Å²) in [5.74, 6) is 0.511. The van der Waals surface area contributed by atoms with Crippen molar-refractivity contribution in [3.8, 4) is 11.5 Å². The molecule has 0 spiro atoms. The molecule has 0 aliphatic heterocycles. The van der Waals surface area contributed by atoms with Crippen LogP contribution in [0.4, 0.5) is 0 Å². The van der Waals surface area contributed by atoms with Crippen molar-refractivity contribution in [3.05, 3.63) is 23.3 Å². The van der Waals surface area contributed by atoms with Crippen LogP contribution in [0, 0.1) is 10.8 Å². The van der Waals surface area contributed by atoms with Gasteiger partial charge in [0.1, 0.15) is 11.5 Å². The van der Waals surface area contributed by atoms with Gasteiger partial charge in [-0.2, -0.15) is 0 Å². The average Bonchev–Trinajstić information content (AvgIpc) is 3.26. The van der Waals surface area contributed by atoms with E-state index in [-0.39, 0.29) is 11.5 Å². The molecule has 1 fully saturated rings. The highest BCUT2D eigenvalue weighted by Gasteiger charge is 2.35. The minimum absolute atomic E-state index is 0.253. The quantitative estimate of drug-likeness (QED) is 0.411. The molecule has 0 radical (unpaired) electrons. The van der Waals surface area contributed by atoms with Gasteiger partial charge in [-0.1, -0.05) is 53.4 Å². The lowest BCUT2D eigenvalue weighted by Crippen LogP contribution is -2.04. The largest absolute Gasteiger partial charge is 0.508 e. The number of aromatic hydroxyl groups is 2. The second-order valence-electron chi connectivity index (χ2n) is 10.1. The summed E-state index contributed by atoms with van der Waals surface area (Å²) in [5.41, 5.74) is 3.06. The highest BCUT2D eigenvalue weighted by Crippen LogP contribution is 2.49. The number of phenols is 2. The van der Waals surface area contributed by atoms with Crippen molar-refractivity contribution in [2.75, 3.05) is 0 Å². The van der Waals surface area contributed by atoms with E-state index >= 15 is 0 Å². The van der Waals surface area contributed by atoms with Crippen LogP contribution >= 0.6 is 0 Å². The van der Waals surface area contributed by atoms with Gasteiger partial charge in [-0.05, 0) is 79.4 Å². The third kappa shape index (κ3) is 7.60. The summed E-state index contributed by atoms with van der Waals surface area (Å²) < 4.78 is 0. The Morgan fingerprint density at radius 1 is 0.808 bits per heavy atom. The summed E-state index contributed by atoms with van der Waals surface area (Å²) in [5, 5.41) is 20.3. The van der Waals surface area contributed by atoms with Crippen LogP contribution in [0.1, 0.15) is 103 Å². The topological polar surface area (TPSA) is 40.5 Å². The molecule has 0 bridgehead atoms. The molecule has 0 aromatic heterocycles. The lowest BCUT2D eigenvalue weighted by Gasteiger charge is -2.17. The first-order chi connectivity index (χ1) is 12.2.